The Morgan fingerprint density at radius 1 is 0.939 bits per heavy atom. The highest BCUT2D eigenvalue weighted by molar-refractivity contribution is 5.61. The van der Waals surface area contributed by atoms with Gasteiger partial charge in [0.2, 0.25) is 0 Å². The molecule has 1 aromatic heterocycles. The molecular formula is C27H33FN4O. The molecule has 2 aromatic carbocycles. The summed E-state index contributed by atoms with van der Waals surface area (Å²) in [6.45, 7) is 8.33. The van der Waals surface area contributed by atoms with Gasteiger partial charge in [0, 0.05) is 56.0 Å². The highest BCUT2D eigenvalue weighted by Crippen LogP contribution is 2.29. The summed E-state index contributed by atoms with van der Waals surface area (Å²) in [4.78, 5) is 14.7. The maximum Gasteiger partial charge on any atom is 0.161 e. The van der Waals surface area contributed by atoms with Crippen LogP contribution in [0.1, 0.15) is 37.1 Å². The van der Waals surface area contributed by atoms with Crippen LogP contribution in [0, 0.1) is 5.82 Å². The van der Waals surface area contributed by atoms with Crippen molar-refractivity contribution in [2.45, 2.75) is 39.2 Å². The number of aryl methyl sites for hydroxylation is 1. The van der Waals surface area contributed by atoms with Gasteiger partial charge in [0.1, 0.15) is 11.6 Å². The molecule has 0 aliphatic carbocycles. The van der Waals surface area contributed by atoms with E-state index in [1.54, 1.807) is 0 Å². The molecule has 6 heteroatoms. The molecule has 1 N–H and O–H groups in total. The van der Waals surface area contributed by atoms with Crippen molar-refractivity contribution < 1.29 is 9.50 Å². The second-order valence-electron chi connectivity index (χ2n) is 8.67. The molecule has 2 heterocycles. The Bertz CT molecular complexity index is 1030. The maximum atomic E-state index is 13.5. The Kier molecular flexibility index (Phi) is 7.68. The molecule has 33 heavy (non-hydrogen) atoms. The van der Waals surface area contributed by atoms with Crippen LogP contribution in [-0.2, 0) is 12.8 Å². The third-order valence-electron chi connectivity index (χ3n) is 6.34. The predicted molar refractivity (Wildman–Crippen MR) is 131 cm³/mol. The Labute approximate surface area is 195 Å². The van der Waals surface area contributed by atoms with Crippen molar-refractivity contribution in [1.82, 2.24) is 14.9 Å². The molecule has 1 unspecified atom stereocenters. The first-order valence-electron chi connectivity index (χ1n) is 11.9. The normalized spacial score (nSPS) is 15.6. The van der Waals surface area contributed by atoms with Crippen LogP contribution >= 0.6 is 0 Å². The van der Waals surface area contributed by atoms with Gasteiger partial charge in [-0.05, 0) is 30.5 Å². The van der Waals surface area contributed by atoms with Gasteiger partial charge in [-0.25, -0.2) is 14.4 Å². The van der Waals surface area contributed by atoms with Crippen molar-refractivity contribution in [2.24, 2.45) is 0 Å². The summed E-state index contributed by atoms with van der Waals surface area (Å²) in [5, 5.41) is 10.0. The zero-order valence-corrected chi connectivity index (χ0v) is 19.5. The first-order chi connectivity index (χ1) is 16.1. The summed E-state index contributed by atoms with van der Waals surface area (Å²) in [5.41, 5.74) is 4.21. The number of hydrogen-bond acceptors (Lipinski definition) is 5. The van der Waals surface area contributed by atoms with Crippen LogP contribution in [0.3, 0.4) is 0 Å². The van der Waals surface area contributed by atoms with Gasteiger partial charge in [0.15, 0.2) is 5.82 Å². The molecule has 1 aliphatic heterocycles. The Morgan fingerprint density at radius 2 is 1.64 bits per heavy atom. The summed E-state index contributed by atoms with van der Waals surface area (Å²) in [6.07, 6.45) is 1.96. The molecule has 1 aliphatic rings. The third kappa shape index (κ3) is 5.75. The summed E-state index contributed by atoms with van der Waals surface area (Å²) < 4.78 is 13.5. The van der Waals surface area contributed by atoms with Crippen molar-refractivity contribution in [1.29, 1.82) is 0 Å². The zero-order valence-electron chi connectivity index (χ0n) is 19.5. The fraction of sp³-hybridized carbons (Fsp3) is 0.407. The number of aliphatic hydroxyl groups excluding tert-OH is 1. The van der Waals surface area contributed by atoms with E-state index in [1.807, 2.05) is 49.4 Å². The van der Waals surface area contributed by atoms with Gasteiger partial charge in [-0.1, -0.05) is 56.3 Å². The van der Waals surface area contributed by atoms with E-state index in [4.69, 9.17) is 9.97 Å². The van der Waals surface area contributed by atoms with Crippen LogP contribution in [0.2, 0.25) is 0 Å². The van der Waals surface area contributed by atoms with Crippen LogP contribution in [0.25, 0.3) is 11.4 Å². The van der Waals surface area contributed by atoms with Gasteiger partial charge in [0.25, 0.3) is 0 Å². The first kappa shape index (κ1) is 23.3. The SMILES string of the molecule is CCc1nc(-c2ccccc2)nc(N2CCN(CC(O)CC)CC2)c1Cc1ccc(F)cc1. The fourth-order valence-corrected chi connectivity index (χ4v) is 4.34. The van der Waals surface area contributed by atoms with Gasteiger partial charge in [-0.15, -0.1) is 0 Å². The van der Waals surface area contributed by atoms with Crippen molar-refractivity contribution in [2.75, 3.05) is 37.6 Å². The van der Waals surface area contributed by atoms with E-state index >= 15 is 0 Å². The maximum absolute atomic E-state index is 13.5. The second-order valence-corrected chi connectivity index (χ2v) is 8.67. The van der Waals surface area contributed by atoms with Crippen LogP contribution in [0.5, 0.6) is 0 Å². The number of nitrogens with zero attached hydrogens (tertiary/aromatic N) is 4. The Balaban J connectivity index is 1.68. The number of piperazine rings is 1. The fourth-order valence-electron chi connectivity index (χ4n) is 4.34. The van der Waals surface area contributed by atoms with Gasteiger partial charge < -0.3 is 10.0 Å². The van der Waals surface area contributed by atoms with Crippen molar-refractivity contribution in [3.8, 4) is 11.4 Å². The van der Waals surface area contributed by atoms with Gasteiger partial charge in [0.05, 0.1) is 6.10 Å². The lowest BCUT2D eigenvalue weighted by atomic mass is 10.0. The number of rotatable bonds is 8. The lowest BCUT2D eigenvalue weighted by Crippen LogP contribution is -2.49. The molecule has 174 valence electrons. The topological polar surface area (TPSA) is 52.5 Å². The zero-order chi connectivity index (χ0) is 23.2. The van der Waals surface area contributed by atoms with Crippen LogP contribution in [0.4, 0.5) is 10.2 Å². The van der Waals surface area contributed by atoms with E-state index in [9.17, 15) is 9.50 Å². The summed E-state index contributed by atoms with van der Waals surface area (Å²) in [7, 11) is 0. The molecule has 0 saturated carbocycles. The van der Waals surface area contributed by atoms with Gasteiger partial charge >= 0.3 is 0 Å². The Hall–Kier alpha value is -2.83. The third-order valence-corrected chi connectivity index (χ3v) is 6.34. The lowest BCUT2D eigenvalue weighted by Gasteiger charge is -2.37. The van der Waals surface area contributed by atoms with Crippen molar-refractivity contribution in [3.05, 3.63) is 77.2 Å². The highest BCUT2D eigenvalue weighted by Gasteiger charge is 2.24. The minimum absolute atomic E-state index is 0.226. The number of β-amino-alcohol motifs (C(OH)–C–C–N with tert-alkyl or cyclic N) is 1. The van der Waals surface area contributed by atoms with Crippen LogP contribution in [0.15, 0.2) is 54.6 Å². The number of anilines is 1. The van der Waals surface area contributed by atoms with Crippen molar-refractivity contribution in [3.63, 3.8) is 0 Å². The van der Waals surface area contributed by atoms with E-state index < -0.39 is 0 Å². The number of benzene rings is 2. The van der Waals surface area contributed by atoms with Gasteiger partial charge in [-0.3, -0.25) is 4.90 Å². The van der Waals surface area contributed by atoms with E-state index in [0.29, 0.717) is 13.0 Å². The molecular weight excluding hydrogens is 415 g/mol. The summed E-state index contributed by atoms with van der Waals surface area (Å²) >= 11 is 0. The molecule has 4 rings (SSSR count). The summed E-state index contributed by atoms with van der Waals surface area (Å²) in [5.74, 6) is 1.49. The van der Waals surface area contributed by atoms with Crippen molar-refractivity contribution >= 4 is 5.82 Å². The predicted octanol–water partition coefficient (Wildman–Crippen LogP) is 4.33. The summed E-state index contributed by atoms with van der Waals surface area (Å²) in [6, 6.07) is 16.8. The number of aromatic nitrogens is 2. The molecule has 1 fully saturated rings. The molecule has 5 nitrogen and oxygen atoms in total. The lowest BCUT2D eigenvalue weighted by molar-refractivity contribution is 0.106. The smallest absolute Gasteiger partial charge is 0.161 e. The molecule has 0 amide bonds. The minimum atomic E-state index is -0.277. The first-order valence-corrected chi connectivity index (χ1v) is 11.9. The standard InChI is InChI=1S/C27H33FN4O/c1-3-23(33)19-31-14-16-32(17-15-31)27-24(18-20-10-12-22(28)13-11-20)25(4-2)29-26(30-27)21-8-6-5-7-9-21/h5-13,23,33H,3-4,14-19H2,1-2H3. The van der Waals surface area contributed by atoms with Crippen LogP contribution < -0.4 is 4.90 Å². The highest BCUT2D eigenvalue weighted by atomic mass is 19.1. The number of hydrogen-bond donors (Lipinski definition) is 1. The van der Waals surface area contributed by atoms with E-state index in [0.717, 1.165) is 73.0 Å². The molecule has 0 bridgehead atoms. The molecule has 1 atom stereocenters. The molecule has 0 spiro atoms. The minimum Gasteiger partial charge on any atom is -0.392 e. The monoisotopic (exact) mass is 448 g/mol. The molecule has 3 aromatic rings. The van der Waals surface area contributed by atoms with E-state index in [2.05, 4.69) is 16.7 Å². The number of aliphatic hydroxyl groups is 1. The molecule has 1 saturated heterocycles. The largest absolute Gasteiger partial charge is 0.392 e. The van der Waals surface area contributed by atoms with E-state index in [1.165, 1.54) is 12.1 Å². The second kappa shape index (κ2) is 10.9. The Morgan fingerprint density at radius 3 is 2.27 bits per heavy atom. The van der Waals surface area contributed by atoms with Gasteiger partial charge in [-0.2, -0.15) is 0 Å². The quantitative estimate of drug-likeness (QED) is 0.556. The number of halogens is 1. The van der Waals surface area contributed by atoms with Crippen LogP contribution in [-0.4, -0.2) is 58.8 Å². The average Bonchev–Trinajstić information content (AvgIpc) is 2.86. The molecule has 0 radical (unpaired) electrons. The average molecular weight is 449 g/mol. The van der Waals surface area contributed by atoms with E-state index in [-0.39, 0.29) is 11.9 Å².